The number of amides is 2. The molecule has 3 N–H and O–H groups in total. The number of anilines is 1. The van der Waals surface area contributed by atoms with E-state index in [-0.39, 0.29) is 24.0 Å². The van der Waals surface area contributed by atoms with Crippen LogP contribution in [-0.4, -0.2) is 33.6 Å². The summed E-state index contributed by atoms with van der Waals surface area (Å²) in [6, 6.07) is 11.9. The summed E-state index contributed by atoms with van der Waals surface area (Å²) in [4.78, 5) is 24.4. The molecule has 2 aromatic rings. The molecule has 0 spiro atoms. The van der Waals surface area contributed by atoms with Crippen LogP contribution in [-0.2, 0) is 9.59 Å². The second-order valence-electron chi connectivity index (χ2n) is 5.97. The predicted octanol–water partition coefficient (Wildman–Crippen LogP) is 3.30. The Kier molecular flexibility index (Phi) is 6.33. The van der Waals surface area contributed by atoms with E-state index in [1.54, 1.807) is 36.4 Å². The van der Waals surface area contributed by atoms with Crippen molar-refractivity contribution in [2.45, 2.75) is 18.6 Å². The Bertz CT molecular complexity index is 977. The number of phenolic OH excluding ortho intramolecular Hbond substituents is 1. The quantitative estimate of drug-likeness (QED) is 0.514. The first-order valence-corrected chi connectivity index (χ1v) is 9.61. The Morgan fingerprint density at radius 2 is 2.11 bits per heavy atom. The lowest BCUT2D eigenvalue weighted by atomic mass is 10.2. The van der Waals surface area contributed by atoms with Gasteiger partial charge in [-0.25, -0.2) is 0 Å². The summed E-state index contributed by atoms with van der Waals surface area (Å²) in [6.07, 6.45) is 1.38. The van der Waals surface area contributed by atoms with Gasteiger partial charge in [0.2, 0.25) is 11.8 Å². The van der Waals surface area contributed by atoms with Gasteiger partial charge in [0.15, 0.2) is 5.17 Å². The van der Waals surface area contributed by atoms with Gasteiger partial charge in [-0.1, -0.05) is 41.6 Å². The van der Waals surface area contributed by atoms with Crippen molar-refractivity contribution in [1.82, 2.24) is 5.32 Å². The summed E-state index contributed by atoms with van der Waals surface area (Å²) < 4.78 is 0. The first-order chi connectivity index (χ1) is 13.4. The summed E-state index contributed by atoms with van der Waals surface area (Å²) in [5, 5.41) is 23.1. The highest BCUT2D eigenvalue weighted by Gasteiger charge is 2.32. The summed E-state index contributed by atoms with van der Waals surface area (Å²) in [5.41, 5.74) is 1.89. The first kappa shape index (κ1) is 19.9. The van der Waals surface area contributed by atoms with Crippen LogP contribution in [0.3, 0.4) is 0 Å². The van der Waals surface area contributed by atoms with E-state index < -0.39 is 5.25 Å². The molecule has 2 amide bonds. The number of amidine groups is 1. The molecule has 1 aliphatic rings. The molecule has 1 aliphatic heterocycles. The minimum absolute atomic E-state index is 0.00926. The lowest BCUT2D eigenvalue weighted by molar-refractivity contribution is -0.122. The van der Waals surface area contributed by atoms with Gasteiger partial charge in [0.25, 0.3) is 0 Å². The van der Waals surface area contributed by atoms with Crippen molar-refractivity contribution in [1.29, 1.82) is 0 Å². The molecular weight excluding hydrogens is 400 g/mol. The summed E-state index contributed by atoms with van der Waals surface area (Å²) in [7, 11) is 0. The van der Waals surface area contributed by atoms with Crippen molar-refractivity contribution in [2.24, 2.45) is 10.2 Å². The van der Waals surface area contributed by atoms with Crippen LogP contribution in [0.2, 0.25) is 5.02 Å². The normalized spacial score (nSPS) is 17.9. The van der Waals surface area contributed by atoms with Crippen molar-refractivity contribution >= 4 is 52.2 Å². The molecule has 1 fully saturated rings. The molecule has 1 atom stereocenters. The number of thioether (sulfide) groups is 1. The topological polar surface area (TPSA) is 103 Å². The second kappa shape index (κ2) is 8.90. The molecule has 0 saturated carbocycles. The van der Waals surface area contributed by atoms with Gasteiger partial charge in [-0.05, 0) is 36.8 Å². The number of hydrogen-bond acceptors (Lipinski definition) is 6. The molecule has 1 saturated heterocycles. The van der Waals surface area contributed by atoms with Crippen molar-refractivity contribution < 1.29 is 14.7 Å². The van der Waals surface area contributed by atoms with Gasteiger partial charge in [0, 0.05) is 22.7 Å². The second-order valence-corrected chi connectivity index (χ2v) is 7.57. The monoisotopic (exact) mass is 416 g/mol. The fourth-order valence-electron chi connectivity index (χ4n) is 2.44. The Labute approximate surface area is 170 Å². The molecule has 0 aromatic heterocycles. The molecular formula is C19H17ClN4O3S. The van der Waals surface area contributed by atoms with E-state index >= 15 is 0 Å². The number of hydrogen-bond donors (Lipinski definition) is 3. The van der Waals surface area contributed by atoms with Crippen molar-refractivity contribution in [3.8, 4) is 5.75 Å². The van der Waals surface area contributed by atoms with Gasteiger partial charge in [0.05, 0.1) is 6.21 Å². The summed E-state index contributed by atoms with van der Waals surface area (Å²) in [6.45, 7) is 1.81. The average Bonchev–Trinajstić information content (AvgIpc) is 3.00. The zero-order valence-electron chi connectivity index (χ0n) is 14.8. The molecule has 7 nitrogen and oxygen atoms in total. The van der Waals surface area contributed by atoms with E-state index in [0.29, 0.717) is 21.4 Å². The number of nitrogens with zero attached hydrogens (tertiary/aromatic N) is 2. The third-order valence-corrected chi connectivity index (χ3v) is 5.45. The number of rotatable bonds is 5. The number of carbonyl (C=O) groups is 2. The van der Waals surface area contributed by atoms with E-state index in [1.165, 1.54) is 12.3 Å². The van der Waals surface area contributed by atoms with Gasteiger partial charge < -0.3 is 15.7 Å². The highest BCUT2D eigenvalue weighted by Crippen LogP contribution is 2.26. The van der Waals surface area contributed by atoms with Gasteiger partial charge in [0.1, 0.15) is 11.0 Å². The van der Waals surface area contributed by atoms with E-state index in [0.717, 1.165) is 17.3 Å². The largest absolute Gasteiger partial charge is 0.507 e. The van der Waals surface area contributed by atoms with Crippen LogP contribution in [0.5, 0.6) is 5.75 Å². The lowest BCUT2D eigenvalue weighted by Crippen LogP contribution is -2.28. The average molecular weight is 417 g/mol. The number of benzene rings is 2. The van der Waals surface area contributed by atoms with Gasteiger partial charge in [-0.15, -0.1) is 5.10 Å². The maximum Gasteiger partial charge on any atom is 0.240 e. The van der Waals surface area contributed by atoms with Crippen LogP contribution in [0.25, 0.3) is 0 Å². The van der Waals surface area contributed by atoms with Crippen LogP contribution in [0, 0.1) is 6.92 Å². The van der Waals surface area contributed by atoms with Crippen LogP contribution in [0.1, 0.15) is 17.5 Å². The highest BCUT2D eigenvalue weighted by molar-refractivity contribution is 8.15. The zero-order valence-corrected chi connectivity index (χ0v) is 16.4. The SMILES string of the molecule is Cc1c(Cl)cccc1NC(=O)CC1S/C(=N/N=C/c2ccccc2O)NC1=O. The Balaban J connectivity index is 1.59. The van der Waals surface area contributed by atoms with E-state index in [2.05, 4.69) is 20.8 Å². The van der Waals surface area contributed by atoms with Gasteiger partial charge in [-0.3, -0.25) is 9.59 Å². The standard InChI is InChI=1S/C19H17ClN4O3S/c1-11-13(20)6-4-7-14(11)22-17(26)9-16-18(27)23-19(28-16)24-21-10-12-5-2-3-8-15(12)25/h2-8,10,16,25H,9H2,1H3,(H,22,26)(H,23,24,27)/b21-10+. The molecule has 2 aromatic carbocycles. The van der Waals surface area contributed by atoms with E-state index in [9.17, 15) is 14.7 Å². The van der Waals surface area contributed by atoms with E-state index in [4.69, 9.17) is 11.6 Å². The number of halogens is 1. The Morgan fingerprint density at radius 1 is 1.32 bits per heavy atom. The van der Waals surface area contributed by atoms with Crippen molar-refractivity contribution in [2.75, 3.05) is 5.32 Å². The van der Waals surface area contributed by atoms with Crippen LogP contribution < -0.4 is 10.6 Å². The van der Waals surface area contributed by atoms with Crippen LogP contribution >= 0.6 is 23.4 Å². The number of phenols is 1. The van der Waals surface area contributed by atoms with E-state index in [1.807, 2.05) is 6.92 Å². The fraction of sp³-hybridized carbons (Fsp3) is 0.158. The first-order valence-electron chi connectivity index (χ1n) is 8.35. The molecule has 144 valence electrons. The Morgan fingerprint density at radius 3 is 2.89 bits per heavy atom. The third kappa shape index (κ3) is 4.90. The summed E-state index contributed by atoms with van der Waals surface area (Å²) >= 11 is 7.18. The van der Waals surface area contributed by atoms with Crippen molar-refractivity contribution in [3.05, 3.63) is 58.6 Å². The smallest absolute Gasteiger partial charge is 0.240 e. The third-order valence-electron chi connectivity index (χ3n) is 3.97. The number of para-hydroxylation sites is 1. The summed E-state index contributed by atoms with van der Waals surface area (Å²) in [5.74, 6) is -0.517. The maximum absolute atomic E-state index is 12.3. The zero-order chi connectivity index (χ0) is 20.1. The van der Waals surface area contributed by atoms with Gasteiger partial charge >= 0.3 is 0 Å². The van der Waals surface area contributed by atoms with Gasteiger partial charge in [-0.2, -0.15) is 5.10 Å². The minimum atomic E-state index is -0.599. The Hall–Kier alpha value is -2.84. The molecule has 28 heavy (non-hydrogen) atoms. The van der Waals surface area contributed by atoms with Crippen molar-refractivity contribution in [3.63, 3.8) is 0 Å². The fourth-order valence-corrected chi connectivity index (χ4v) is 3.54. The minimum Gasteiger partial charge on any atom is -0.507 e. The molecule has 9 heteroatoms. The number of carbonyl (C=O) groups excluding carboxylic acids is 2. The molecule has 0 bridgehead atoms. The number of aromatic hydroxyl groups is 1. The molecule has 1 unspecified atom stereocenters. The maximum atomic E-state index is 12.3. The molecule has 1 heterocycles. The highest BCUT2D eigenvalue weighted by atomic mass is 35.5. The van der Waals surface area contributed by atoms with Crippen LogP contribution in [0.15, 0.2) is 52.7 Å². The molecule has 0 aliphatic carbocycles. The van der Waals surface area contributed by atoms with Crippen LogP contribution in [0.4, 0.5) is 5.69 Å². The number of nitrogens with one attached hydrogen (secondary N) is 2. The lowest BCUT2D eigenvalue weighted by Gasteiger charge is -2.10. The molecule has 3 rings (SSSR count). The molecule has 0 radical (unpaired) electrons. The predicted molar refractivity (Wildman–Crippen MR) is 112 cm³/mol.